The Morgan fingerprint density at radius 1 is 0.333 bits per heavy atom. The lowest BCUT2D eigenvalue weighted by atomic mass is 9.79. The van der Waals surface area contributed by atoms with Crippen LogP contribution < -0.4 is 17.2 Å². The summed E-state index contributed by atoms with van der Waals surface area (Å²) in [7, 11) is 0. The van der Waals surface area contributed by atoms with Gasteiger partial charge in [-0.1, -0.05) is 143 Å². The van der Waals surface area contributed by atoms with Crippen molar-refractivity contribution < 1.29 is 59.4 Å². The first kappa shape index (κ1) is 71.1. The van der Waals surface area contributed by atoms with Crippen molar-refractivity contribution in [1.82, 2.24) is 15.0 Å². The van der Waals surface area contributed by atoms with Crippen LogP contribution in [0.1, 0.15) is 177 Å². The second kappa shape index (κ2) is 29.0. The van der Waals surface area contributed by atoms with Crippen LogP contribution >= 0.6 is 0 Å². The zero-order valence-electron chi connectivity index (χ0n) is 50.9. The fourth-order valence-corrected chi connectivity index (χ4v) is 8.68. The summed E-state index contributed by atoms with van der Waals surface area (Å²) in [6.07, 6.45) is 7.30. The lowest BCUT2D eigenvalue weighted by molar-refractivity contribution is -0.142. The average molecular weight is 1120 g/mol. The minimum Gasteiger partial charge on any atom is -0.477 e. The van der Waals surface area contributed by atoms with E-state index < -0.39 is 52.5 Å². The third-order valence-corrected chi connectivity index (χ3v) is 11.2. The number of hydrogen-bond donors (Lipinski definition) is 9. The number of carboxylic acids is 6. The van der Waals surface area contributed by atoms with Gasteiger partial charge in [-0.05, 0) is 158 Å². The molecule has 4 aromatic rings. The smallest absolute Gasteiger partial charge is 0.343 e. The lowest BCUT2D eigenvalue weighted by Crippen LogP contribution is -2.19. The first-order valence-electron chi connectivity index (χ1n) is 26.4. The molecule has 0 saturated carbocycles. The van der Waals surface area contributed by atoms with Crippen LogP contribution in [0.25, 0.3) is 16.7 Å². The van der Waals surface area contributed by atoms with E-state index in [-0.39, 0.29) is 32.5 Å². The summed E-state index contributed by atoms with van der Waals surface area (Å²) in [5, 5.41) is 56.9. The number of rotatable bonds is 15. The summed E-state index contributed by atoms with van der Waals surface area (Å²) in [4.78, 5) is 80.5. The number of benzene rings is 3. The standard InChI is InChI=1S/3C20H29NO4.C3H3N3/c3*1-19(2,3)10-12-9-13(21)7-8-14(12)15(11-20(4,5)6)16(17(22)23)18(24)25;1-4-2-6-3-5-1/h3*7-9H,10-11,21H2,1-6H3,(H,22,23)(H,24,25);1-3H. The minimum atomic E-state index is -1.43. The minimum absolute atomic E-state index is 0.0536. The lowest BCUT2D eigenvalue weighted by Gasteiger charge is -2.26. The molecule has 0 atom stereocenters. The molecule has 0 amide bonds. The number of aliphatic carboxylic acids is 6. The molecule has 0 bridgehead atoms. The Bertz CT molecular complexity index is 2600. The van der Waals surface area contributed by atoms with Crippen molar-refractivity contribution in [2.45, 2.75) is 163 Å². The number of anilines is 3. The van der Waals surface area contributed by atoms with Crippen molar-refractivity contribution in [3.8, 4) is 0 Å². The first-order chi connectivity index (χ1) is 36.6. The second-order valence-electron chi connectivity index (χ2n) is 27.4. The van der Waals surface area contributed by atoms with E-state index in [0.29, 0.717) is 89.0 Å². The highest BCUT2D eigenvalue weighted by atomic mass is 16.4. The maximum absolute atomic E-state index is 11.6. The molecular formula is C63H90N6O12. The number of nitrogens with two attached hydrogens (primary N) is 3. The van der Waals surface area contributed by atoms with Crippen molar-refractivity contribution >= 4 is 69.6 Å². The number of aromatic nitrogens is 3. The molecule has 0 aliphatic heterocycles. The van der Waals surface area contributed by atoms with Gasteiger partial charge in [0, 0.05) is 17.1 Å². The Kier molecular flexibility index (Phi) is 25.5. The second-order valence-corrected chi connectivity index (χ2v) is 27.4. The van der Waals surface area contributed by atoms with Crippen molar-refractivity contribution in [2.75, 3.05) is 17.2 Å². The average Bonchev–Trinajstić information content (AvgIpc) is 3.23. The number of carbonyl (C=O) groups is 6. The number of nitrogen functional groups attached to an aromatic ring is 3. The third-order valence-electron chi connectivity index (χ3n) is 11.2. The Balaban J connectivity index is 0.000000575. The highest BCUT2D eigenvalue weighted by Gasteiger charge is 2.32. The predicted octanol–water partition coefficient (Wildman–Crippen LogP) is 12.5. The summed E-state index contributed by atoms with van der Waals surface area (Å²) in [6, 6.07) is 15.7. The highest BCUT2D eigenvalue weighted by molar-refractivity contribution is 6.20. The van der Waals surface area contributed by atoms with Crippen LogP contribution in [0.3, 0.4) is 0 Å². The van der Waals surface area contributed by atoms with E-state index in [4.69, 9.17) is 17.2 Å². The zero-order valence-corrected chi connectivity index (χ0v) is 50.9. The van der Waals surface area contributed by atoms with Crippen LogP contribution in [0.4, 0.5) is 17.1 Å². The van der Waals surface area contributed by atoms with Crippen molar-refractivity contribution in [3.05, 3.63) is 124 Å². The number of hydrogen-bond acceptors (Lipinski definition) is 12. The number of nitrogens with zero attached hydrogens (tertiary/aromatic N) is 3. The summed E-state index contributed by atoms with van der Waals surface area (Å²) < 4.78 is 0. The van der Waals surface area contributed by atoms with Gasteiger partial charge < -0.3 is 47.8 Å². The molecule has 0 spiro atoms. The van der Waals surface area contributed by atoms with E-state index in [2.05, 4.69) is 77.3 Å². The predicted molar refractivity (Wildman–Crippen MR) is 321 cm³/mol. The van der Waals surface area contributed by atoms with Gasteiger partial charge in [-0.2, -0.15) is 0 Å². The fraction of sp³-hybridized carbons (Fsp3) is 0.476. The first-order valence-corrected chi connectivity index (χ1v) is 26.4. The monoisotopic (exact) mass is 1120 g/mol. The van der Waals surface area contributed by atoms with E-state index >= 15 is 0 Å². The molecule has 18 heteroatoms. The van der Waals surface area contributed by atoms with E-state index in [1.807, 2.05) is 80.5 Å². The van der Waals surface area contributed by atoms with Crippen LogP contribution in [-0.4, -0.2) is 81.4 Å². The summed E-state index contributed by atoms with van der Waals surface area (Å²) in [5.74, 6) is -8.55. The molecule has 0 unspecified atom stereocenters. The SMILES string of the molecule is CC(C)(C)CC(=C(C(=O)O)C(=O)O)c1ccc(N)cc1CC(C)(C)C.CC(C)(C)CC(=C(C(=O)O)C(=O)O)c1ccc(N)cc1CC(C)(C)C.CC(C)(C)CC(=C(C(=O)O)C(=O)O)c1ccc(N)cc1CC(C)(C)C.c1ncncn1. The van der Waals surface area contributed by atoms with Gasteiger partial charge in [0.15, 0.2) is 0 Å². The third kappa shape index (κ3) is 26.8. The number of allylic oxidation sites excluding steroid dienone is 3. The molecule has 4 rings (SSSR count). The van der Waals surface area contributed by atoms with Gasteiger partial charge >= 0.3 is 35.8 Å². The highest BCUT2D eigenvalue weighted by Crippen LogP contribution is 2.40. The Labute approximate surface area is 478 Å². The summed E-state index contributed by atoms with van der Waals surface area (Å²) >= 11 is 0. The van der Waals surface area contributed by atoms with Gasteiger partial charge in [-0.25, -0.2) is 43.7 Å². The maximum Gasteiger partial charge on any atom is 0.343 e. The van der Waals surface area contributed by atoms with Crippen LogP contribution in [0.5, 0.6) is 0 Å². The quantitative estimate of drug-likeness (QED) is 0.0231. The van der Waals surface area contributed by atoms with E-state index in [1.54, 1.807) is 36.4 Å². The maximum atomic E-state index is 11.6. The van der Waals surface area contributed by atoms with Crippen LogP contribution in [0.15, 0.2) is 90.3 Å². The fourth-order valence-electron chi connectivity index (χ4n) is 8.68. The normalized spacial score (nSPS) is 11.6. The van der Waals surface area contributed by atoms with Crippen LogP contribution in [0.2, 0.25) is 0 Å². The molecule has 1 heterocycles. The van der Waals surface area contributed by atoms with Crippen LogP contribution in [0, 0.1) is 32.5 Å². The molecule has 0 fully saturated rings. The van der Waals surface area contributed by atoms with Gasteiger partial charge in [-0.15, -0.1) is 0 Å². The number of carboxylic acid groups (broad SMARTS) is 6. The molecule has 0 aliphatic rings. The molecular weight excluding hydrogens is 1030 g/mol. The zero-order chi connectivity index (χ0) is 63.0. The summed E-state index contributed by atoms with van der Waals surface area (Å²) in [5.41, 5.74) is 22.4. The van der Waals surface area contributed by atoms with Crippen molar-refractivity contribution in [1.29, 1.82) is 0 Å². The Hall–Kier alpha value is -7.89. The van der Waals surface area contributed by atoms with Gasteiger partial charge in [0.2, 0.25) is 0 Å². The van der Waals surface area contributed by atoms with E-state index in [1.165, 1.54) is 19.0 Å². The van der Waals surface area contributed by atoms with Gasteiger partial charge in [0.05, 0.1) is 0 Å². The molecule has 81 heavy (non-hydrogen) atoms. The van der Waals surface area contributed by atoms with Crippen molar-refractivity contribution in [2.24, 2.45) is 32.5 Å². The molecule has 18 nitrogen and oxygen atoms in total. The van der Waals surface area contributed by atoms with Gasteiger partial charge in [0.1, 0.15) is 35.7 Å². The molecule has 12 N–H and O–H groups in total. The Morgan fingerprint density at radius 3 is 0.654 bits per heavy atom. The molecule has 0 saturated heterocycles. The largest absolute Gasteiger partial charge is 0.477 e. The van der Waals surface area contributed by atoms with Crippen molar-refractivity contribution in [3.63, 3.8) is 0 Å². The summed E-state index contributed by atoms with van der Waals surface area (Å²) in [6.45, 7) is 36.2. The van der Waals surface area contributed by atoms with Gasteiger partial charge in [0.25, 0.3) is 0 Å². The van der Waals surface area contributed by atoms with Gasteiger partial charge in [-0.3, -0.25) is 0 Å². The topological polar surface area (TPSA) is 341 Å². The molecule has 3 aromatic carbocycles. The van der Waals surface area contributed by atoms with E-state index in [0.717, 1.165) is 16.7 Å². The molecule has 0 radical (unpaired) electrons. The molecule has 444 valence electrons. The molecule has 1 aromatic heterocycles. The molecule has 0 aliphatic carbocycles. The van der Waals surface area contributed by atoms with E-state index in [9.17, 15) is 59.4 Å². The van der Waals surface area contributed by atoms with Crippen LogP contribution in [-0.2, 0) is 48.0 Å². The Morgan fingerprint density at radius 2 is 0.519 bits per heavy atom.